The number of sulfonamides is 1. The molecule has 1 saturated carbocycles. The summed E-state index contributed by atoms with van der Waals surface area (Å²) >= 11 is 0. The van der Waals surface area contributed by atoms with Gasteiger partial charge in [-0.05, 0) is 55.2 Å². The Hall–Kier alpha value is -2.43. The van der Waals surface area contributed by atoms with Crippen LogP contribution in [0.25, 0.3) is 0 Å². The van der Waals surface area contributed by atoms with Gasteiger partial charge in [0.2, 0.25) is 15.9 Å². The number of hydrogen-bond acceptors (Lipinski definition) is 4. The van der Waals surface area contributed by atoms with Crippen molar-refractivity contribution < 1.29 is 26.4 Å². The first kappa shape index (κ1) is 23.2. The molecular formula is C21H24F3N3O3S. The van der Waals surface area contributed by atoms with Crippen LogP contribution in [0.4, 0.5) is 13.2 Å². The van der Waals surface area contributed by atoms with E-state index in [0.29, 0.717) is 11.1 Å². The summed E-state index contributed by atoms with van der Waals surface area (Å²) in [6.45, 7) is 2.05. The van der Waals surface area contributed by atoms with E-state index in [-0.39, 0.29) is 36.0 Å². The van der Waals surface area contributed by atoms with E-state index in [1.54, 1.807) is 25.1 Å². The summed E-state index contributed by atoms with van der Waals surface area (Å²) in [5, 5.41) is 7.83. The molecule has 0 heterocycles. The Balaban J connectivity index is 1.63. The molecule has 0 saturated heterocycles. The maximum atomic E-state index is 13.0. The fourth-order valence-electron chi connectivity index (χ4n) is 3.37. The second kappa shape index (κ2) is 8.97. The Morgan fingerprint density at radius 3 is 2.39 bits per heavy atom. The first-order chi connectivity index (χ1) is 14.4. The molecule has 0 spiro atoms. The van der Waals surface area contributed by atoms with Crippen LogP contribution in [-0.2, 0) is 27.5 Å². The summed E-state index contributed by atoms with van der Waals surface area (Å²) in [5.41, 5.74) is 0.498. The van der Waals surface area contributed by atoms with Gasteiger partial charge in [0.1, 0.15) is 0 Å². The van der Waals surface area contributed by atoms with Crippen LogP contribution >= 0.6 is 0 Å². The van der Waals surface area contributed by atoms with Crippen molar-refractivity contribution in [2.75, 3.05) is 6.54 Å². The molecule has 6 nitrogen and oxygen atoms in total. The van der Waals surface area contributed by atoms with Crippen molar-refractivity contribution in [3.63, 3.8) is 0 Å². The average Bonchev–Trinajstić information content (AvgIpc) is 3.54. The van der Waals surface area contributed by atoms with Gasteiger partial charge in [-0.15, -0.1) is 0 Å². The Morgan fingerprint density at radius 2 is 1.84 bits per heavy atom. The van der Waals surface area contributed by atoms with Crippen molar-refractivity contribution in [3.05, 3.63) is 65.2 Å². The molecule has 3 N–H and O–H groups in total. The number of halogens is 3. The molecule has 168 valence electrons. The molecule has 2 aromatic rings. The number of rotatable bonds is 8. The van der Waals surface area contributed by atoms with Gasteiger partial charge in [-0.3, -0.25) is 9.69 Å². The number of carbonyl (C=O) groups is 1. The van der Waals surface area contributed by atoms with E-state index >= 15 is 0 Å². The Bertz CT molecular complexity index is 1040. The number of amides is 1. The lowest BCUT2D eigenvalue weighted by atomic mass is 10.0. The highest BCUT2D eigenvalue weighted by Crippen LogP contribution is 2.36. The molecule has 0 radical (unpaired) electrons. The molecule has 0 aromatic heterocycles. The van der Waals surface area contributed by atoms with Gasteiger partial charge in [0.25, 0.3) is 0 Å². The minimum atomic E-state index is -4.42. The summed E-state index contributed by atoms with van der Waals surface area (Å²) < 4.78 is 61.7. The molecule has 0 bridgehead atoms. The zero-order valence-electron chi connectivity index (χ0n) is 16.9. The lowest BCUT2D eigenvalue weighted by Crippen LogP contribution is -2.39. The van der Waals surface area contributed by atoms with Gasteiger partial charge in [0, 0.05) is 18.6 Å². The smallest absolute Gasteiger partial charge is 0.351 e. The zero-order chi connectivity index (χ0) is 22.8. The normalized spacial score (nSPS) is 15.7. The molecule has 0 aliphatic heterocycles. The highest BCUT2D eigenvalue weighted by atomic mass is 32.2. The summed E-state index contributed by atoms with van der Waals surface area (Å²) in [5.74, 6) is -0.263. The van der Waals surface area contributed by atoms with Gasteiger partial charge in [0.15, 0.2) is 0 Å². The Kier molecular flexibility index (Phi) is 6.73. The lowest BCUT2D eigenvalue weighted by Gasteiger charge is -2.29. The van der Waals surface area contributed by atoms with E-state index in [2.05, 4.69) is 5.32 Å². The summed E-state index contributed by atoms with van der Waals surface area (Å²) in [6, 6.07) is 10.8. The molecule has 1 aliphatic rings. The third-order valence-electron chi connectivity index (χ3n) is 5.28. The third kappa shape index (κ3) is 6.28. The van der Waals surface area contributed by atoms with E-state index in [1.807, 2.05) is 4.90 Å². The number of hydrogen-bond donors (Lipinski definition) is 2. The topological polar surface area (TPSA) is 92.5 Å². The van der Waals surface area contributed by atoms with E-state index < -0.39 is 21.8 Å². The predicted molar refractivity (Wildman–Crippen MR) is 109 cm³/mol. The molecule has 2 aromatic carbocycles. The molecule has 3 rings (SSSR count). The van der Waals surface area contributed by atoms with Crippen molar-refractivity contribution in [2.45, 2.75) is 49.5 Å². The largest absolute Gasteiger partial charge is 0.416 e. The van der Waals surface area contributed by atoms with Gasteiger partial charge in [-0.1, -0.05) is 24.3 Å². The Morgan fingerprint density at radius 1 is 1.19 bits per heavy atom. The number of primary sulfonamides is 1. The second-order valence-electron chi connectivity index (χ2n) is 7.67. The first-order valence-corrected chi connectivity index (χ1v) is 11.3. The van der Waals surface area contributed by atoms with Crippen LogP contribution in [0.5, 0.6) is 0 Å². The molecular weight excluding hydrogens is 431 g/mol. The van der Waals surface area contributed by atoms with Gasteiger partial charge in [-0.2, -0.15) is 13.2 Å². The minimum absolute atomic E-state index is 0.0163. The minimum Gasteiger partial charge on any atom is -0.351 e. The number of carbonyl (C=O) groups excluding carboxylic acids is 1. The monoisotopic (exact) mass is 455 g/mol. The summed E-state index contributed by atoms with van der Waals surface area (Å²) in [7, 11) is -3.78. The quantitative estimate of drug-likeness (QED) is 0.640. The number of alkyl halides is 3. The first-order valence-electron chi connectivity index (χ1n) is 9.76. The molecule has 1 atom stereocenters. The average molecular weight is 456 g/mol. The second-order valence-corrected chi connectivity index (χ2v) is 9.23. The number of nitrogens with zero attached hydrogens (tertiary/aromatic N) is 1. The molecule has 10 heteroatoms. The highest BCUT2D eigenvalue weighted by Gasteiger charge is 2.35. The van der Waals surface area contributed by atoms with Gasteiger partial charge >= 0.3 is 6.18 Å². The SMILES string of the molecule is C[C@H](c1cccc(C(F)(F)F)c1)N(CC(=O)NCc1ccc(S(N)(=O)=O)cc1)C1CC1. The fraction of sp³-hybridized carbons (Fsp3) is 0.381. The van der Waals surface area contributed by atoms with Crippen LogP contribution in [0.1, 0.15) is 42.5 Å². The van der Waals surface area contributed by atoms with Crippen LogP contribution in [0.15, 0.2) is 53.4 Å². The zero-order valence-corrected chi connectivity index (χ0v) is 17.7. The van der Waals surface area contributed by atoms with Crippen molar-refractivity contribution in [1.29, 1.82) is 0 Å². The van der Waals surface area contributed by atoms with Crippen molar-refractivity contribution >= 4 is 15.9 Å². The standard InChI is InChI=1S/C21H24F3N3O3S/c1-14(16-3-2-4-17(11-16)21(22,23)24)27(18-7-8-18)13-20(28)26-12-15-5-9-19(10-6-15)31(25,29)30/h2-6,9-11,14,18H,7-8,12-13H2,1H3,(H,26,28)(H2,25,29,30)/t14-/m1/s1. The molecule has 0 unspecified atom stereocenters. The highest BCUT2D eigenvalue weighted by molar-refractivity contribution is 7.89. The maximum Gasteiger partial charge on any atom is 0.416 e. The molecule has 1 fully saturated rings. The van der Waals surface area contributed by atoms with Gasteiger partial charge in [-0.25, -0.2) is 13.6 Å². The van der Waals surface area contributed by atoms with Crippen molar-refractivity contribution in [1.82, 2.24) is 10.2 Å². The van der Waals surface area contributed by atoms with Gasteiger partial charge in [0.05, 0.1) is 17.0 Å². The van der Waals surface area contributed by atoms with Crippen LogP contribution in [0, 0.1) is 0 Å². The fourth-order valence-corrected chi connectivity index (χ4v) is 3.89. The van der Waals surface area contributed by atoms with Gasteiger partial charge < -0.3 is 5.32 Å². The number of benzene rings is 2. The van der Waals surface area contributed by atoms with Crippen LogP contribution < -0.4 is 10.5 Å². The van der Waals surface area contributed by atoms with E-state index in [9.17, 15) is 26.4 Å². The van der Waals surface area contributed by atoms with Crippen molar-refractivity contribution in [2.24, 2.45) is 5.14 Å². The molecule has 31 heavy (non-hydrogen) atoms. The van der Waals surface area contributed by atoms with Crippen molar-refractivity contribution in [3.8, 4) is 0 Å². The number of nitrogens with one attached hydrogen (secondary N) is 1. The molecule has 1 aliphatic carbocycles. The van der Waals surface area contributed by atoms with Crippen LogP contribution in [0.3, 0.4) is 0 Å². The van der Waals surface area contributed by atoms with E-state index in [1.165, 1.54) is 18.2 Å². The van der Waals surface area contributed by atoms with Crippen LogP contribution in [-0.4, -0.2) is 31.8 Å². The summed E-state index contributed by atoms with van der Waals surface area (Å²) in [6.07, 6.45) is -2.63. The lowest BCUT2D eigenvalue weighted by molar-refractivity contribution is -0.137. The molecule has 1 amide bonds. The predicted octanol–water partition coefficient (Wildman–Crippen LogP) is 3.19. The van der Waals surface area contributed by atoms with E-state index in [4.69, 9.17) is 5.14 Å². The summed E-state index contributed by atoms with van der Waals surface area (Å²) in [4.78, 5) is 14.4. The van der Waals surface area contributed by atoms with Crippen LogP contribution in [0.2, 0.25) is 0 Å². The maximum absolute atomic E-state index is 13.0. The number of nitrogens with two attached hydrogens (primary N) is 1. The Labute approximate surface area is 179 Å². The van der Waals surface area contributed by atoms with E-state index in [0.717, 1.165) is 25.0 Å². The third-order valence-corrected chi connectivity index (χ3v) is 6.21.